The highest BCUT2D eigenvalue weighted by molar-refractivity contribution is 7.17. The van der Waals surface area contributed by atoms with Gasteiger partial charge in [-0.3, -0.25) is 0 Å². The number of nitrogens with two attached hydrogens (primary N) is 1. The van der Waals surface area contributed by atoms with Crippen LogP contribution in [0.2, 0.25) is 0 Å². The van der Waals surface area contributed by atoms with Crippen molar-refractivity contribution in [2.45, 2.75) is 24.9 Å². The molecule has 1 saturated carbocycles. The van der Waals surface area contributed by atoms with Crippen LogP contribution in [0.3, 0.4) is 0 Å². The molecule has 2 aromatic rings. The largest absolute Gasteiger partial charge is 0.366 e. The van der Waals surface area contributed by atoms with E-state index in [9.17, 15) is 0 Å². The number of nitrogens with one attached hydrogen (secondary N) is 1. The zero-order valence-corrected chi connectivity index (χ0v) is 9.00. The molecule has 4 nitrogen and oxygen atoms in total. The molecule has 0 aliphatic heterocycles. The molecule has 0 aromatic carbocycles. The molecule has 0 bridgehead atoms. The lowest BCUT2D eigenvalue weighted by molar-refractivity contribution is 0.373. The van der Waals surface area contributed by atoms with Crippen molar-refractivity contribution in [2.75, 3.05) is 5.32 Å². The van der Waals surface area contributed by atoms with Crippen LogP contribution in [0, 0.1) is 0 Å². The summed E-state index contributed by atoms with van der Waals surface area (Å²) < 4.78 is 1.14. The van der Waals surface area contributed by atoms with Crippen molar-refractivity contribution in [3.8, 4) is 0 Å². The normalized spacial score (nSPS) is 25.1. The molecule has 3 N–H and O–H groups in total. The third-order valence-electron chi connectivity index (χ3n) is 2.76. The Morgan fingerprint density at radius 2 is 2.27 bits per heavy atom. The highest BCUT2D eigenvalue weighted by Crippen LogP contribution is 2.28. The number of rotatable bonds is 2. The van der Waals surface area contributed by atoms with Gasteiger partial charge in [-0.25, -0.2) is 9.97 Å². The second-order valence-corrected chi connectivity index (χ2v) is 4.85. The van der Waals surface area contributed by atoms with Crippen molar-refractivity contribution >= 4 is 27.4 Å². The summed E-state index contributed by atoms with van der Waals surface area (Å²) in [7, 11) is 0. The number of nitrogens with zero attached hydrogens (tertiary/aromatic N) is 2. The van der Waals surface area contributed by atoms with Gasteiger partial charge in [-0.1, -0.05) is 0 Å². The smallest absolute Gasteiger partial charge is 0.147 e. The summed E-state index contributed by atoms with van der Waals surface area (Å²) in [5.41, 5.74) is 6.76. The van der Waals surface area contributed by atoms with Gasteiger partial charge in [0.25, 0.3) is 0 Å². The van der Waals surface area contributed by atoms with Gasteiger partial charge < -0.3 is 11.1 Å². The Bertz CT molecular complexity index is 475. The van der Waals surface area contributed by atoms with Gasteiger partial charge in [0.15, 0.2) is 0 Å². The van der Waals surface area contributed by atoms with Crippen LogP contribution in [0.5, 0.6) is 0 Å². The van der Waals surface area contributed by atoms with E-state index in [1.807, 2.05) is 11.4 Å². The van der Waals surface area contributed by atoms with E-state index in [-0.39, 0.29) is 0 Å². The fourth-order valence-corrected chi connectivity index (χ4v) is 2.66. The Morgan fingerprint density at radius 3 is 3.07 bits per heavy atom. The molecule has 0 amide bonds. The molecule has 0 saturated heterocycles. The number of anilines is 1. The lowest BCUT2D eigenvalue weighted by atomic mass is 9.88. The average Bonchev–Trinajstić information content (AvgIpc) is 2.64. The zero-order valence-electron chi connectivity index (χ0n) is 8.18. The van der Waals surface area contributed by atoms with Gasteiger partial charge in [0.1, 0.15) is 12.1 Å². The molecule has 15 heavy (non-hydrogen) atoms. The molecule has 1 aliphatic carbocycles. The Kier molecular flexibility index (Phi) is 2.07. The number of hydrogen-bond donors (Lipinski definition) is 2. The number of hydrogen-bond acceptors (Lipinski definition) is 5. The van der Waals surface area contributed by atoms with Gasteiger partial charge in [-0.05, 0) is 24.3 Å². The van der Waals surface area contributed by atoms with Crippen LogP contribution in [-0.2, 0) is 0 Å². The monoisotopic (exact) mass is 220 g/mol. The van der Waals surface area contributed by atoms with E-state index in [2.05, 4.69) is 15.3 Å². The van der Waals surface area contributed by atoms with Crippen molar-refractivity contribution in [2.24, 2.45) is 5.73 Å². The summed E-state index contributed by atoms with van der Waals surface area (Å²) in [4.78, 5) is 8.48. The first-order valence-electron chi connectivity index (χ1n) is 5.03. The molecule has 78 valence electrons. The molecule has 1 aliphatic rings. The standard InChI is InChI=1S/C10H12N4S/c11-6-3-7(4-6)14-10-9-8(1-2-15-9)12-5-13-10/h1-2,5-7H,3-4,11H2,(H,12,13,14). The highest BCUT2D eigenvalue weighted by Gasteiger charge is 2.26. The Labute approximate surface area is 91.5 Å². The Morgan fingerprint density at radius 1 is 1.40 bits per heavy atom. The van der Waals surface area contributed by atoms with Crippen molar-refractivity contribution in [1.29, 1.82) is 0 Å². The summed E-state index contributed by atoms with van der Waals surface area (Å²) in [6, 6.07) is 2.86. The molecule has 5 heteroatoms. The van der Waals surface area contributed by atoms with E-state index in [1.165, 1.54) is 0 Å². The first kappa shape index (κ1) is 9.06. The van der Waals surface area contributed by atoms with E-state index in [0.717, 1.165) is 28.9 Å². The van der Waals surface area contributed by atoms with Gasteiger partial charge >= 0.3 is 0 Å². The third kappa shape index (κ3) is 1.57. The molecule has 2 aromatic heterocycles. The van der Waals surface area contributed by atoms with Gasteiger partial charge in [-0.15, -0.1) is 11.3 Å². The van der Waals surface area contributed by atoms with Gasteiger partial charge in [0.05, 0.1) is 10.2 Å². The summed E-state index contributed by atoms with van der Waals surface area (Å²) in [5.74, 6) is 0.951. The number of fused-ring (bicyclic) bond motifs is 1. The minimum atomic E-state index is 0.364. The van der Waals surface area contributed by atoms with Crippen LogP contribution in [0.15, 0.2) is 17.8 Å². The van der Waals surface area contributed by atoms with Crippen LogP contribution in [-0.4, -0.2) is 22.1 Å². The molecule has 0 atom stereocenters. The predicted molar refractivity (Wildman–Crippen MR) is 62.0 cm³/mol. The molecule has 0 spiro atoms. The predicted octanol–water partition coefficient (Wildman–Crippen LogP) is 1.59. The van der Waals surface area contributed by atoms with Crippen molar-refractivity contribution in [3.05, 3.63) is 17.8 Å². The molecule has 2 heterocycles. The van der Waals surface area contributed by atoms with Crippen LogP contribution >= 0.6 is 11.3 Å². The molecule has 3 rings (SSSR count). The third-order valence-corrected chi connectivity index (χ3v) is 3.67. The van der Waals surface area contributed by atoms with E-state index < -0.39 is 0 Å². The Hall–Kier alpha value is -1.20. The summed E-state index contributed by atoms with van der Waals surface area (Å²) in [6.07, 6.45) is 3.68. The summed E-state index contributed by atoms with van der Waals surface area (Å²) >= 11 is 1.67. The van der Waals surface area contributed by atoms with E-state index >= 15 is 0 Å². The first-order chi connectivity index (χ1) is 7.33. The lowest BCUT2D eigenvalue weighted by Crippen LogP contribution is -2.44. The summed E-state index contributed by atoms with van der Waals surface area (Å²) in [6.45, 7) is 0. The maximum Gasteiger partial charge on any atom is 0.147 e. The molecule has 0 unspecified atom stereocenters. The average molecular weight is 220 g/mol. The molecule has 1 fully saturated rings. The Balaban J connectivity index is 1.87. The van der Waals surface area contributed by atoms with E-state index in [1.54, 1.807) is 17.7 Å². The van der Waals surface area contributed by atoms with Crippen molar-refractivity contribution in [3.63, 3.8) is 0 Å². The second-order valence-electron chi connectivity index (χ2n) is 3.93. The fourth-order valence-electron chi connectivity index (χ4n) is 1.86. The van der Waals surface area contributed by atoms with Gasteiger partial charge in [-0.2, -0.15) is 0 Å². The SMILES string of the molecule is NC1CC(Nc2ncnc3ccsc23)C1. The molecule has 0 radical (unpaired) electrons. The maximum atomic E-state index is 5.75. The minimum Gasteiger partial charge on any atom is -0.366 e. The number of aromatic nitrogens is 2. The fraction of sp³-hybridized carbons (Fsp3) is 0.400. The van der Waals surface area contributed by atoms with Crippen LogP contribution < -0.4 is 11.1 Å². The molecular weight excluding hydrogens is 208 g/mol. The zero-order chi connectivity index (χ0) is 10.3. The number of thiophene rings is 1. The van der Waals surface area contributed by atoms with E-state index in [0.29, 0.717) is 12.1 Å². The second kappa shape index (κ2) is 3.43. The van der Waals surface area contributed by atoms with Crippen LogP contribution in [0.25, 0.3) is 10.2 Å². The minimum absolute atomic E-state index is 0.364. The summed E-state index contributed by atoms with van der Waals surface area (Å²) in [5, 5.41) is 5.46. The highest BCUT2D eigenvalue weighted by atomic mass is 32.1. The van der Waals surface area contributed by atoms with E-state index in [4.69, 9.17) is 5.73 Å². The van der Waals surface area contributed by atoms with Crippen molar-refractivity contribution in [1.82, 2.24) is 9.97 Å². The quantitative estimate of drug-likeness (QED) is 0.806. The maximum absolute atomic E-state index is 5.75. The van der Waals surface area contributed by atoms with Crippen LogP contribution in [0.4, 0.5) is 5.82 Å². The van der Waals surface area contributed by atoms with Gasteiger partial charge in [0, 0.05) is 12.1 Å². The topological polar surface area (TPSA) is 63.8 Å². The molecular formula is C10H12N4S. The van der Waals surface area contributed by atoms with Gasteiger partial charge in [0.2, 0.25) is 0 Å². The first-order valence-corrected chi connectivity index (χ1v) is 5.91. The van der Waals surface area contributed by atoms with Crippen molar-refractivity contribution < 1.29 is 0 Å². The lowest BCUT2D eigenvalue weighted by Gasteiger charge is -2.33. The van der Waals surface area contributed by atoms with Crippen LogP contribution in [0.1, 0.15) is 12.8 Å².